The van der Waals surface area contributed by atoms with Gasteiger partial charge in [-0.1, -0.05) is 6.92 Å². The van der Waals surface area contributed by atoms with Gasteiger partial charge in [0, 0.05) is 18.3 Å². The molecule has 130 valence electrons. The van der Waals surface area contributed by atoms with Crippen molar-refractivity contribution in [3.05, 3.63) is 18.2 Å². The highest BCUT2D eigenvalue weighted by Gasteiger charge is 2.17. The Morgan fingerprint density at radius 1 is 1.30 bits per heavy atom. The van der Waals surface area contributed by atoms with Gasteiger partial charge in [-0.3, -0.25) is 5.32 Å². The molecule has 2 N–H and O–H groups in total. The van der Waals surface area contributed by atoms with Gasteiger partial charge >= 0.3 is 6.09 Å². The van der Waals surface area contributed by atoms with Gasteiger partial charge in [-0.15, -0.1) is 0 Å². The molecule has 0 radical (unpaired) electrons. The molecule has 0 aliphatic rings. The van der Waals surface area contributed by atoms with E-state index in [4.69, 9.17) is 9.47 Å². The lowest BCUT2D eigenvalue weighted by atomic mass is 10.2. The number of methoxy groups -OCH3 is 1. The van der Waals surface area contributed by atoms with Crippen LogP contribution < -0.4 is 15.4 Å². The Morgan fingerprint density at radius 2 is 2.04 bits per heavy atom. The average Bonchev–Trinajstić information content (AvgIpc) is 2.46. The maximum absolute atomic E-state index is 11.8. The van der Waals surface area contributed by atoms with E-state index in [-0.39, 0.29) is 0 Å². The number of rotatable bonds is 8. The summed E-state index contributed by atoms with van der Waals surface area (Å²) in [6.45, 7) is 8.56. The van der Waals surface area contributed by atoms with Crippen molar-refractivity contribution in [2.45, 2.75) is 39.7 Å². The van der Waals surface area contributed by atoms with Crippen LogP contribution in [0.1, 0.15) is 34.1 Å². The second-order valence-electron chi connectivity index (χ2n) is 6.02. The normalized spacial score (nSPS) is 11.0. The number of ether oxygens (including phenoxy) is 2. The zero-order valence-corrected chi connectivity index (χ0v) is 15.5. The molecule has 1 rings (SSSR count). The van der Waals surface area contributed by atoms with E-state index < -0.39 is 11.7 Å². The Hall–Kier alpha value is -1.56. The number of amides is 1. The van der Waals surface area contributed by atoms with E-state index in [1.165, 1.54) is 0 Å². The molecular weight excluding hydrogens is 312 g/mol. The summed E-state index contributed by atoms with van der Waals surface area (Å²) in [6, 6.07) is 5.60. The number of benzene rings is 1. The van der Waals surface area contributed by atoms with Crippen LogP contribution in [0.5, 0.6) is 5.75 Å². The lowest BCUT2D eigenvalue weighted by molar-refractivity contribution is 0.0635. The number of carbonyl (C=O) groups is 1. The Kier molecular flexibility index (Phi) is 8.09. The summed E-state index contributed by atoms with van der Waals surface area (Å²) in [4.78, 5) is 11.8. The van der Waals surface area contributed by atoms with Crippen LogP contribution in [0.2, 0.25) is 0 Å². The quantitative estimate of drug-likeness (QED) is 0.677. The molecule has 1 amide bonds. The van der Waals surface area contributed by atoms with Crippen molar-refractivity contribution in [2.75, 3.05) is 35.8 Å². The molecule has 0 spiro atoms. The van der Waals surface area contributed by atoms with Crippen molar-refractivity contribution < 1.29 is 14.3 Å². The van der Waals surface area contributed by atoms with Gasteiger partial charge in [0.15, 0.2) is 0 Å². The number of nitrogens with one attached hydrogen (secondary N) is 2. The largest absolute Gasteiger partial charge is 0.494 e. The van der Waals surface area contributed by atoms with Gasteiger partial charge in [0.2, 0.25) is 0 Å². The van der Waals surface area contributed by atoms with Crippen LogP contribution in [0.25, 0.3) is 0 Å². The van der Waals surface area contributed by atoms with Crippen molar-refractivity contribution in [1.82, 2.24) is 0 Å². The number of thioether (sulfide) groups is 1. The average molecular weight is 340 g/mol. The molecule has 0 aliphatic heterocycles. The molecule has 0 aliphatic carbocycles. The molecule has 0 unspecified atom stereocenters. The molecule has 0 saturated heterocycles. The van der Waals surface area contributed by atoms with Crippen molar-refractivity contribution in [3.8, 4) is 5.75 Å². The maximum Gasteiger partial charge on any atom is 0.412 e. The van der Waals surface area contributed by atoms with E-state index in [1.807, 2.05) is 50.7 Å². The SMILES string of the molecule is CCSCCCNc1ccc(NC(=O)OC(C)(C)C)c(OC)c1. The second kappa shape index (κ2) is 9.55. The van der Waals surface area contributed by atoms with E-state index in [2.05, 4.69) is 17.6 Å². The molecule has 0 atom stereocenters. The van der Waals surface area contributed by atoms with Crippen molar-refractivity contribution in [2.24, 2.45) is 0 Å². The van der Waals surface area contributed by atoms with Crippen LogP contribution in [0.15, 0.2) is 18.2 Å². The Labute approximate surface area is 143 Å². The molecule has 1 aromatic carbocycles. The number of carbonyl (C=O) groups excluding carboxylic acids is 1. The van der Waals surface area contributed by atoms with Gasteiger partial charge in [0.05, 0.1) is 12.8 Å². The van der Waals surface area contributed by atoms with Gasteiger partial charge in [0.25, 0.3) is 0 Å². The summed E-state index contributed by atoms with van der Waals surface area (Å²) in [5.74, 6) is 2.90. The summed E-state index contributed by atoms with van der Waals surface area (Å²) in [7, 11) is 1.58. The van der Waals surface area contributed by atoms with Gasteiger partial charge in [-0.05, 0) is 50.8 Å². The molecule has 5 nitrogen and oxygen atoms in total. The minimum absolute atomic E-state index is 0.493. The Bertz CT molecular complexity index is 501. The zero-order chi connectivity index (χ0) is 17.3. The first kappa shape index (κ1) is 19.5. The third-order valence-corrected chi connectivity index (χ3v) is 3.82. The van der Waals surface area contributed by atoms with Crippen LogP contribution in [0.3, 0.4) is 0 Å². The molecule has 0 bridgehead atoms. The fourth-order valence-corrected chi connectivity index (χ4v) is 2.51. The van der Waals surface area contributed by atoms with Crippen molar-refractivity contribution >= 4 is 29.2 Å². The predicted molar refractivity (Wildman–Crippen MR) is 99.0 cm³/mol. The Morgan fingerprint density at radius 3 is 2.65 bits per heavy atom. The molecule has 0 fully saturated rings. The Balaban J connectivity index is 2.60. The van der Waals surface area contributed by atoms with E-state index in [9.17, 15) is 4.79 Å². The van der Waals surface area contributed by atoms with E-state index in [0.717, 1.165) is 30.2 Å². The zero-order valence-electron chi connectivity index (χ0n) is 14.7. The van der Waals surface area contributed by atoms with Crippen LogP contribution in [0, 0.1) is 0 Å². The smallest absolute Gasteiger partial charge is 0.412 e. The fourth-order valence-electron chi connectivity index (χ4n) is 1.87. The first-order valence-corrected chi connectivity index (χ1v) is 9.01. The van der Waals surface area contributed by atoms with Gasteiger partial charge in [-0.25, -0.2) is 4.79 Å². The van der Waals surface area contributed by atoms with Crippen LogP contribution in [-0.4, -0.2) is 36.9 Å². The van der Waals surface area contributed by atoms with Crippen LogP contribution in [-0.2, 0) is 4.74 Å². The third-order valence-electron chi connectivity index (χ3n) is 2.84. The summed E-state index contributed by atoms with van der Waals surface area (Å²) < 4.78 is 10.6. The van der Waals surface area contributed by atoms with E-state index >= 15 is 0 Å². The molecular formula is C17H28N2O3S. The number of hydrogen-bond acceptors (Lipinski definition) is 5. The lowest BCUT2D eigenvalue weighted by Crippen LogP contribution is -2.27. The highest BCUT2D eigenvalue weighted by atomic mass is 32.2. The topological polar surface area (TPSA) is 59.6 Å². The molecule has 6 heteroatoms. The van der Waals surface area contributed by atoms with Crippen molar-refractivity contribution in [1.29, 1.82) is 0 Å². The number of anilines is 2. The summed E-state index contributed by atoms with van der Waals surface area (Å²) >= 11 is 1.94. The highest BCUT2D eigenvalue weighted by Crippen LogP contribution is 2.28. The third kappa shape index (κ3) is 8.02. The van der Waals surface area contributed by atoms with Crippen LogP contribution >= 0.6 is 11.8 Å². The maximum atomic E-state index is 11.8. The number of hydrogen-bond donors (Lipinski definition) is 2. The van der Waals surface area contributed by atoms with Crippen LogP contribution in [0.4, 0.5) is 16.2 Å². The minimum atomic E-state index is -0.532. The molecule has 0 saturated carbocycles. The van der Waals surface area contributed by atoms with Gasteiger partial charge in [-0.2, -0.15) is 11.8 Å². The minimum Gasteiger partial charge on any atom is -0.494 e. The standard InChI is InChI=1S/C17H28N2O3S/c1-6-23-11-7-10-18-13-8-9-14(15(12-13)21-5)19-16(20)22-17(2,3)4/h8-9,12,18H,6-7,10-11H2,1-5H3,(H,19,20). The monoisotopic (exact) mass is 340 g/mol. The summed E-state index contributed by atoms with van der Waals surface area (Å²) in [6.07, 6.45) is 0.617. The highest BCUT2D eigenvalue weighted by molar-refractivity contribution is 7.99. The predicted octanol–water partition coefficient (Wildman–Crippen LogP) is 4.60. The first-order chi connectivity index (χ1) is 10.9. The molecule has 23 heavy (non-hydrogen) atoms. The van der Waals surface area contributed by atoms with E-state index in [0.29, 0.717) is 11.4 Å². The fraction of sp³-hybridized carbons (Fsp3) is 0.588. The van der Waals surface area contributed by atoms with Crippen molar-refractivity contribution in [3.63, 3.8) is 0 Å². The van der Waals surface area contributed by atoms with Gasteiger partial charge < -0.3 is 14.8 Å². The first-order valence-electron chi connectivity index (χ1n) is 7.85. The summed E-state index contributed by atoms with van der Waals surface area (Å²) in [5.41, 5.74) is 1.03. The van der Waals surface area contributed by atoms with E-state index in [1.54, 1.807) is 7.11 Å². The van der Waals surface area contributed by atoms with Gasteiger partial charge in [0.1, 0.15) is 11.4 Å². The second-order valence-corrected chi connectivity index (χ2v) is 7.41. The lowest BCUT2D eigenvalue weighted by Gasteiger charge is -2.20. The molecule has 1 aromatic rings. The summed E-state index contributed by atoms with van der Waals surface area (Å²) in [5, 5.41) is 6.07. The molecule has 0 aromatic heterocycles. The molecule has 0 heterocycles.